The van der Waals surface area contributed by atoms with Crippen LogP contribution in [0.25, 0.3) is 11.2 Å². The molecular weight excluding hydrogens is 411 g/mol. The molecule has 0 radical (unpaired) electrons. The number of anilines is 1. The minimum absolute atomic E-state index is 0.149. The number of nitrogens with zero attached hydrogens (tertiary/aromatic N) is 3. The molecule has 0 unspecified atom stereocenters. The van der Waals surface area contributed by atoms with Crippen LogP contribution in [0, 0.1) is 11.6 Å². The van der Waals surface area contributed by atoms with E-state index in [1.807, 2.05) is 0 Å². The van der Waals surface area contributed by atoms with E-state index in [2.05, 4.69) is 9.97 Å². The van der Waals surface area contributed by atoms with Crippen molar-refractivity contribution in [2.24, 2.45) is 0 Å². The minimum Gasteiger partial charge on any atom is -0.394 e. The van der Waals surface area contributed by atoms with Gasteiger partial charge in [0.1, 0.15) is 12.2 Å². The second-order valence-corrected chi connectivity index (χ2v) is 6.79. The molecule has 0 spiro atoms. The summed E-state index contributed by atoms with van der Waals surface area (Å²) < 4.78 is 47.9. The van der Waals surface area contributed by atoms with Gasteiger partial charge in [-0.3, -0.25) is 14.3 Å². The number of nitrogen functional groups attached to an aromatic ring is 1. The number of nitrogens with one attached hydrogen (secondary N) is 1. The van der Waals surface area contributed by atoms with Crippen LogP contribution in [0.1, 0.15) is 11.8 Å². The van der Waals surface area contributed by atoms with Crippen LogP contribution in [0.15, 0.2) is 27.8 Å². The average molecular weight is 427 g/mol. The molecule has 5 N–H and O–H groups in total. The van der Waals surface area contributed by atoms with E-state index in [4.69, 9.17) is 10.5 Å². The van der Waals surface area contributed by atoms with Crippen molar-refractivity contribution in [3.8, 4) is 0 Å². The molecule has 30 heavy (non-hydrogen) atoms. The fraction of sp³-hybridized carbons (Fsp3) is 0.353. The summed E-state index contributed by atoms with van der Waals surface area (Å²) in [5, 5.41) is 19.4. The average Bonchev–Trinajstić information content (AvgIpc) is 3.12. The van der Waals surface area contributed by atoms with Crippen LogP contribution < -0.4 is 17.0 Å². The standard InChI is InChI=1S/C17H16F3N5O5/c18-7-2-1-6(3-8(7)19)4-24-11-13(22-16(21)23-14(11)28)25(17(24)29)15-12(27)10(20)9(5-26)30-15/h1-3,9-10,12,15,26-27H,4-5H2,(H3,21,22,23,28)/t9-,10-,12-,15-/m1/s1. The second kappa shape index (κ2) is 7.27. The highest BCUT2D eigenvalue weighted by Gasteiger charge is 2.46. The van der Waals surface area contributed by atoms with Crippen LogP contribution in [0.5, 0.6) is 0 Å². The van der Waals surface area contributed by atoms with Crippen molar-refractivity contribution in [1.82, 2.24) is 19.1 Å². The van der Waals surface area contributed by atoms with Crippen LogP contribution in [0.2, 0.25) is 0 Å². The van der Waals surface area contributed by atoms with Gasteiger partial charge in [-0.25, -0.2) is 22.5 Å². The van der Waals surface area contributed by atoms with Crippen molar-refractivity contribution in [1.29, 1.82) is 0 Å². The first kappa shape index (κ1) is 20.1. The maximum absolute atomic E-state index is 14.2. The van der Waals surface area contributed by atoms with Crippen LogP contribution in [-0.2, 0) is 11.3 Å². The van der Waals surface area contributed by atoms with E-state index in [9.17, 15) is 33.0 Å². The van der Waals surface area contributed by atoms with E-state index >= 15 is 0 Å². The van der Waals surface area contributed by atoms with Crippen molar-refractivity contribution in [3.05, 3.63) is 56.2 Å². The Labute approximate surface area is 165 Å². The molecule has 13 heteroatoms. The minimum atomic E-state index is -2.00. The molecule has 160 valence electrons. The van der Waals surface area contributed by atoms with Gasteiger partial charge in [-0.1, -0.05) is 6.07 Å². The molecule has 0 amide bonds. The molecule has 10 nitrogen and oxygen atoms in total. The number of H-pyrrole nitrogens is 1. The maximum Gasteiger partial charge on any atom is 0.333 e. The molecule has 0 bridgehead atoms. The van der Waals surface area contributed by atoms with E-state index in [0.717, 1.165) is 21.3 Å². The molecule has 1 saturated heterocycles. The zero-order valence-corrected chi connectivity index (χ0v) is 15.1. The van der Waals surface area contributed by atoms with Gasteiger partial charge in [0, 0.05) is 0 Å². The Morgan fingerprint density at radius 1 is 1.27 bits per heavy atom. The number of alkyl halides is 1. The fourth-order valence-corrected chi connectivity index (χ4v) is 3.47. The van der Waals surface area contributed by atoms with Crippen molar-refractivity contribution in [3.63, 3.8) is 0 Å². The molecule has 1 fully saturated rings. The summed E-state index contributed by atoms with van der Waals surface area (Å²) in [4.78, 5) is 31.7. The fourth-order valence-electron chi connectivity index (χ4n) is 3.47. The largest absolute Gasteiger partial charge is 0.394 e. The third-order valence-corrected chi connectivity index (χ3v) is 4.88. The summed E-state index contributed by atoms with van der Waals surface area (Å²) in [5.74, 6) is -2.59. The van der Waals surface area contributed by atoms with Gasteiger partial charge in [-0.15, -0.1) is 0 Å². The normalized spacial score (nSPS) is 24.0. The van der Waals surface area contributed by atoms with Crippen LogP contribution >= 0.6 is 0 Å². The number of hydrogen-bond acceptors (Lipinski definition) is 7. The van der Waals surface area contributed by atoms with Crippen LogP contribution in [0.4, 0.5) is 19.1 Å². The summed E-state index contributed by atoms with van der Waals surface area (Å²) >= 11 is 0. The van der Waals surface area contributed by atoms with Crippen molar-refractivity contribution < 1.29 is 28.1 Å². The lowest BCUT2D eigenvalue weighted by atomic mass is 10.1. The number of aliphatic hydroxyl groups is 2. The smallest absolute Gasteiger partial charge is 0.333 e. The van der Waals surface area contributed by atoms with E-state index in [-0.39, 0.29) is 29.2 Å². The number of fused-ring (bicyclic) bond motifs is 1. The first-order chi connectivity index (χ1) is 14.2. The first-order valence-electron chi connectivity index (χ1n) is 8.75. The molecule has 4 rings (SSSR count). The quantitative estimate of drug-likeness (QED) is 0.434. The maximum atomic E-state index is 14.2. The predicted octanol–water partition coefficient (Wildman–Crippen LogP) is -0.616. The Bertz CT molecular complexity index is 1240. The first-order valence-corrected chi connectivity index (χ1v) is 8.75. The van der Waals surface area contributed by atoms with Gasteiger partial charge in [0.15, 0.2) is 35.2 Å². The van der Waals surface area contributed by atoms with E-state index in [1.54, 1.807) is 0 Å². The van der Waals surface area contributed by atoms with Gasteiger partial charge in [-0.2, -0.15) is 4.98 Å². The molecule has 1 aromatic carbocycles. The predicted molar refractivity (Wildman–Crippen MR) is 96.4 cm³/mol. The van der Waals surface area contributed by atoms with Gasteiger partial charge in [-0.05, 0) is 17.7 Å². The number of aliphatic hydroxyl groups excluding tert-OH is 2. The number of rotatable bonds is 4. The highest BCUT2D eigenvalue weighted by atomic mass is 19.2. The number of benzene rings is 1. The lowest BCUT2D eigenvalue weighted by Gasteiger charge is -2.15. The van der Waals surface area contributed by atoms with Crippen LogP contribution in [-0.4, -0.2) is 54.3 Å². The lowest BCUT2D eigenvalue weighted by Crippen LogP contribution is -2.34. The zero-order chi connectivity index (χ0) is 21.7. The number of imidazole rings is 1. The SMILES string of the molecule is Nc1nc2c(c(=O)[nH]1)n(Cc1ccc(F)c(F)c1)c(=O)n2[C@@H]1O[C@H](CO)[C@@H](F)[C@H]1O. The number of aromatic amines is 1. The Kier molecular flexibility index (Phi) is 4.88. The van der Waals surface area contributed by atoms with Crippen molar-refractivity contribution in [2.75, 3.05) is 12.3 Å². The number of hydrogen-bond donors (Lipinski definition) is 4. The Hall–Kier alpha value is -3.16. The van der Waals surface area contributed by atoms with Crippen LogP contribution in [0.3, 0.4) is 0 Å². The molecule has 3 heterocycles. The monoisotopic (exact) mass is 427 g/mol. The topological polar surface area (TPSA) is 148 Å². The molecule has 0 aliphatic carbocycles. The molecule has 0 saturated carbocycles. The highest BCUT2D eigenvalue weighted by Crippen LogP contribution is 2.32. The zero-order valence-electron chi connectivity index (χ0n) is 15.1. The third kappa shape index (κ3) is 3.07. The summed E-state index contributed by atoms with van der Waals surface area (Å²) in [7, 11) is 0. The number of halogens is 3. The summed E-state index contributed by atoms with van der Waals surface area (Å²) in [6.45, 7) is -1.12. The number of nitrogens with two attached hydrogens (primary N) is 1. The van der Waals surface area contributed by atoms with E-state index in [0.29, 0.717) is 0 Å². The van der Waals surface area contributed by atoms with Gasteiger partial charge in [0.2, 0.25) is 5.95 Å². The van der Waals surface area contributed by atoms with Gasteiger partial charge < -0.3 is 20.7 Å². The third-order valence-electron chi connectivity index (χ3n) is 4.88. The molecule has 4 atom stereocenters. The van der Waals surface area contributed by atoms with Gasteiger partial charge in [0.05, 0.1) is 13.2 Å². The summed E-state index contributed by atoms with van der Waals surface area (Å²) in [5.41, 5.74) is 3.35. The van der Waals surface area contributed by atoms with E-state index in [1.165, 1.54) is 6.07 Å². The summed E-state index contributed by atoms with van der Waals surface area (Å²) in [6, 6.07) is 2.93. The van der Waals surface area contributed by atoms with Crippen molar-refractivity contribution >= 4 is 17.1 Å². The van der Waals surface area contributed by atoms with E-state index < -0.39 is 54.1 Å². The molecule has 1 aliphatic rings. The molecule has 1 aliphatic heterocycles. The number of aromatic nitrogens is 4. The lowest BCUT2D eigenvalue weighted by molar-refractivity contribution is -0.0513. The molecule has 3 aromatic rings. The second-order valence-electron chi connectivity index (χ2n) is 6.79. The van der Waals surface area contributed by atoms with Crippen molar-refractivity contribution in [2.45, 2.75) is 31.2 Å². The number of ether oxygens (including phenoxy) is 1. The Balaban J connectivity index is 1.92. The Morgan fingerprint density at radius 3 is 2.63 bits per heavy atom. The summed E-state index contributed by atoms with van der Waals surface area (Å²) in [6.07, 6.45) is -6.85. The van der Waals surface area contributed by atoms with Gasteiger partial charge in [0.25, 0.3) is 5.56 Å². The Morgan fingerprint density at radius 2 is 2.00 bits per heavy atom. The molecular formula is C17H16F3N5O5. The van der Waals surface area contributed by atoms with Gasteiger partial charge >= 0.3 is 5.69 Å². The molecule has 2 aromatic heterocycles. The highest BCUT2D eigenvalue weighted by molar-refractivity contribution is 5.72.